The summed E-state index contributed by atoms with van der Waals surface area (Å²) >= 11 is 0. The molecule has 1 aromatic rings. The lowest BCUT2D eigenvalue weighted by atomic mass is 10.0. The van der Waals surface area contributed by atoms with Gasteiger partial charge in [0.2, 0.25) is 0 Å². The molecule has 0 saturated carbocycles. The number of piperidine rings is 1. The molecule has 4 nitrogen and oxygen atoms in total. The van der Waals surface area contributed by atoms with Crippen LogP contribution in [0.25, 0.3) is 0 Å². The number of likely N-dealkylation sites (tertiary alicyclic amines) is 1. The molecule has 0 aromatic heterocycles. The first-order chi connectivity index (χ1) is 9.61. The van der Waals surface area contributed by atoms with E-state index in [2.05, 4.69) is 24.2 Å². The van der Waals surface area contributed by atoms with Gasteiger partial charge < -0.3 is 20.1 Å². The number of benzene rings is 1. The topological polar surface area (TPSA) is 44.7 Å². The highest BCUT2D eigenvalue weighted by Gasteiger charge is 2.20. The molecular formula is C16H26N2O2. The Morgan fingerprint density at radius 2 is 2.25 bits per heavy atom. The number of hydrogen-bond acceptors (Lipinski definition) is 4. The van der Waals surface area contributed by atoms with Gasteiger partial charge in [0.1, 0.15) is 11.5 Å². The average Bonchev–Trinajstić information content (AvgIpc) is 2.46. The van der Waals surface area contributed by atoms with Gasteiger partial charge in [-0.2, -0.15) is 0 Å². The van der Waals surface area contributed by atoms with Crippen molar-refractivity contribution in [2.75, 3.05) is 27.2 Å². The molecule has 112 valence electrons. The lowest BCUT2D eigenvalue weighted by Gasteiger charge is -2.33. The fraction of sp³-hybridized carbons (Fsp3) is 0.625. The summed E-state index contributed by atoms with van der Waals surface area (Å²) in [6, 6.07) is 6.08. The maximum atomic E-state index is 9.98. The molecule has 4 heteroatoms. The molecule has 0 aliphatic carbocycles. The van der Waals surface area contributed by atoms with Crippen LogP contribution in [0.3, 0.4) is 0 Å². The molecular weight excluding hydrogens is 252 g/mol. The van der Waals surface area contributed by atoms with Crippen molar-refractivity contribution >= 4 is 0 Å². The van der Waals surface area contributed by atoms with Gasteiger partial charge in [-0.15, -0.1) is 0 Å². The van der Waals surface area contributed by atoms with E-state index in [1.165, 1.54) is 25.8 Å². The molecule has 0 amide bonds. The number of rotatable bonds is 5. The number of ether oxygens (including phenoxy) is 1. The number of methoxy groups -OCH3 is 1. The fourth-order valence-electron chi connectivity index (χ4n) is 2.83. The van der Waals surface area contributed by atoms with E-state index >= 15 is 0 Å². The summed E-state index contributed by atoms with van der Waals surface area (Å²) < 4.78 is 5.22. The smallest absolute Gasteiger partial charge is 0.120 e. The van der Waals surface area contributed by atoms with E-state index in [9.17, 15) is 5.11 Å². The molecule has 1 saturated heterocycles. The van der Waals surface area contributed by atoms with Crippen molar-refractivity contribution in [2.45, 2.75) is 38.3 Å². The summed E-state index contributed by atoms with van der Waals surface area (Å²) in [7, 11) is 3.84. The highest BCUT2D eigenvalue weighted by molar-refractivity contribution is 5.41. The Hall–Kier alpha value is -1.26. The number of nitrogens with one attached hydrogen (secondary N) is 1. The zero-order valence-electron chi connectivity index (χ0n) is 12.7. The van der Waals surface area contributed by atoms with Crippen molar-refractivity contribution in [3.8, 4) is 11.5 Å². The number of phenols is 1. The Morgan fingerprint density at radius 1 is 1.45 bits per heavy atom. The third kappa shape index (κ3) is 3.64. The molecule has 1 aliphatic heterocycles. The highest BCUT2D eigenvalue weighted by atomic mass is 16.5. The van der Waals surface area contributed by atoms with E-state index in [-0.39, 0.29) is 6.04 Å². The Labute approximate surface area is 121 Å². The monoisotopic (exact) mass is 278 g/mol. The van der Waals surface area contributed by atoms with Crippen LogP contribution in [0.1, 0.15) is 37.8 Å². The minimum absolute atomic E-state index is 0.112. The first-order valence-corrected chi connectivity index (χ1v) is 7.42. The number of likely N-dealkylation sites (N-methyl/N-ethyl adjacent to an activating group) is 1. The normalized spacial score (nSPS) is 21.6. The summed E-state index contributed by atoms with van der Waals surface area (Å²) in [6.45, 7) is 4.22. The molecule has 2 atom stereocenters. The maximum absolute atomic E-state index is 9.98. The van der Waals surface area contributed by atoms with Crippen molar-refractivity contribution in [2.24, 2.45) is 0 Å². The number of hydrogen-bond donors (Lipinski definition) is 2. The van der Waals surface area contributed by atoms with Gasteiger partial charge >= 0.3 is 0 Å². The minimum atomic E-state index is 0.112. The van der Waals surface area contributed by atoms with E-state index in [1.807, 2.05) is 6.07 Å². The largest absolute Gasteiger partial charge is 0.508 e. The van der Waals surface area contributed by atoms with Gasteiger partial charge in [-0.05, 0) is 51.6 Å². The summed E-state index contributed by atoms with van der Waals surface area (Å²) in [5.74, 6) is 1.10. The van der Waals surface area contributed by atoms with Crippen molar-refractivity contribution < 1.29 is 9.84 Å². The zero-order chi connectivity index (χ0) is 14.5. The number of aromatic hydroxyl groups is 1. The summed E-state index contributed by atoms with van der Waals surface area (Å²) in [5, 5.41) is 13.5. The molecule has 1 heterocycles. The quantitative estimate of drug-likeness (QED) is 0.869. The van der Waals surface area contributed by atoms with Gasteiger partial charge in [0.25, 0.3) is 0 Å². The standard InChI is InChI=1S/C16H26N2O2/c1-12(15-10-14(20-3)7-8-16(15)19)17-11-13-6-4-5-9-18(13)2/h7-8,10,12-13,17,19H,4-6,9,11H2,1-3H3. The van der Waals surface area contributed by atoms with Gasteiger partial charge in [0.05, 0.1) is 7.11 Å². The van der Waals surface area contributed by atoms with E-state index in [4.69, 9.17) is 4.74 Å². The van der Waals surface area contributed by atoms with Crippen LogP contribution in [0.15, 0.2) is 18.2 Å². The van der Waals surface area contributed by atoms with Crippen molar-refractivity contribution in [3.05, 3.63) is 23.8 Å². The van der Waals surface area contributed by atoms with Gasteiger partial charge in [0, 0.05) is 24.2 Å². The SMILES string of the molecule is COc1ccc(O)c(C(C)NCC2CCCCN2C)c1. The van der Waals surface area contributed by atoms with Crippen LogP contribution < -0.4 is 10.1 Å². The molecule has 2 rings (SSSR count). The van der Waals surface area contributed by atoms with Crippen LogP contribution >= 0.6 is 0 Å². The number of nitrogens with zero attached hydrogens (tertiary/aromatic N) is 1. The summed E-state index contributed by atoms with van der Waals surface area (Å²) in [5.41, 5.74) is 0.891. The van der Waals surface area contributed by atoms with Crippen molar-refractivity contribution in [3.63, 3.8) is 0 Å². The van der Waals surface area contributed by atoms with E-state index in [1.54, 1.807) is 19.2 Å². The fourth-order valence-corrected chi connectivity index (χ4v) is 2.83. The average molecular weight is 278 g/mol. The Balaban J connectivity index is 1.95. The maximum Gasteiger partial charge on any atom is 0.120 e. The molecule has 20 heavy (non-hydrogen) atoms. The highest BCUT2D eigenvalue weighted by Crippen LogP contribution is 2.28. The van der Waals surface area contributed by atoms with Crippen LogP contribution in [0.2, 0.25) is 0 Å². The van der Waals surface area contributed by atoms with Crippen LogP contribution in [-0.2, 0) is 0 Å². The second kappa shape index (κ2) is 6.95. The first-order valence-electron chi connectivity index (χ1n) is 7.42. The van der Waals surface area contributed by atoms with Crippen molar-refractivity contribution in [1.82, 2.24) is 10.2 Å². The molecule has 2 N–H and O–H groups in total. The number of phenolic OH excluding ortho intramolecular Hbond substituents is 1. The minimum Gasteiger partial charge on any atom is -0.508 e. The lowest BCUT2D eigenvalue weighted by molar-refractivity contribution is 0.178. The van der Waals surface area contributed by atoms with Crippen molar-refractivity contribution in [1.29, 1.82) is 0 Å². The van der Waals surface area contributed by atoms with E-state index < -0.39 is 0 Å². The molecule has 2 unspecified atom stereocenters. The Morgan fingerprint density at radius 3 is 2.95 bits per heavy atom. The Bertz CT molecular complexity index is 436. The predicted molar refractivity (Wildman–Crippen MR) is 81.3 cm³/mol. The second-order valence-corrected chi connectivity index (χ2v) is 5.68. The summed E-state index contributed by atoms with van der Waals surface area (Å²) in [4.78, 5) is 2.43. The predicted octanol–water partition coefficient (Wildman–Crippen LogP) is 2.54. The van der Waals surface area contributed by atoms with Crippen LogP contribution in [0.5, 0.6) is 11.5 Å². The van der Waals surface area contributed by atoms with Gasteiger partial charge in [-0.1, -0.05) is 6.42 Å². The van der Waals surface area contributed by atoms with E-state index in [0.29, 0.717) is 11.8 Å². The zero-order valence-corrected chi connectivity index (χ0v) is 12.7. The van der Waals surface area contributed by atoms with Gasteiger partial charge in [-0.3, -0.25) is 0 Å². The van der Waals surface area contributed by atoms with Gasteiger partial charge in [0.15, 0.2) is 0 Å². The molecule has 0 bridgehead atoms. The first kappa shape index (κ1) is 15.1. The van der Waals surface area contributed by atoms with Crippen LogP contribution in [0.4, 0.5) is 0 Å². The third-order valence-corrected chi connectivity index (χ3v) is 4.28. The van der Waals surface area contributed by atoms with Gasteiger partial charge in [-0.25, -0.2) is 0 Å². The second-order valence-electron chi connectivity index (χ2n) is 5.68. The molecule has 1 aliphatic rings. The Kier molecular flexibility index (Phi) is 5.26. The van der Waals surface area contributed by atoms with Crippen LogP contribution in [0, 0.1) is 0 Å². The van der Waals surface area contributed by atoms with Crippen LogP contribution in [-0.4, -0.2) is 43.3 Å². The molecule has 0 radical (unpaired) electrons. The molecule has 1 aromatic carbocycles. The summed E-state index contributed by atoms with van der Waals surface area (Å²) in [6.07, 6.45) is 3.87. The lowest BCUT2D eigenvalue weighted by Crippen LogP contribution is -2.43. The molecule has 1 fully saturated rings. The third-order valence-electron chi connectivity index (χ3n) is 4.28. The molecule has 0 spiro atoms. The van der Waals surface area contributed by atoms with E-state index in [0.717, 1.165) is 17.9 Å².